The Labute approximate surface area is 197 Å². The Kier molecular flexibility index (Phi) is 7.13. The zero-order valence-corrected chi connectivity index (χ0v) is 19.6. The van der Waals surface area contributed by atoms with Crippen LogP contribution in [0.4, 0.5) is 17.6 Å². The molecular formula is C22H23F4N3O3S2. The molecule has 1 aromatic heterocycles. The SMILES string of the molecule is O=S(NCC1CCN(Cc2cc3ccccc3n2S(=O)(=O)c2ccccc2F)CC1)C(F)(F)F. The molecule has 2 aromatic carbocycles. The molecule has 0 aliphatic carbocycles. The van der Waals surface area contributed by atoms with Crippen molar-refractivity contribution in [2.24, 2.45) is 5.92 Å². The third-order valence-electron chi connectivity index (χ3n) is 5.90. The Morgan fingerprint density at radius 3 is 2.35 bits per heavy atom. The number of hydrogen-bond donors (Lipinski definition) is 1. The minimum atomic E-state index is -4.79. The molecule has 0 bridgehead atoms. The summed E-state index contributed by atoms with van der Waals surface area (Å²) in [7, 11) is -7.30. The van der Waals surface area contributed by atoms with Gasteiger partial charge < -0.3 is 0 Å². The average Bonchev–Trinajstić information content (AvgIpc) is 3.16. The summed E-state index contributed by atoms with van der Waals surface area (Å²) in [6, 6.07) is 13.9. The van der Waals surface area contributed by atoms with Gasteiger partial charge in [-0.05, 0) is 56.1 Å². The predicted molar refractivity (Wildman–Crippen MR) is 121 cm³/mol. The van der Waals surface area contributed by atoms with Gasteiger partial charge in [0.05, 0.1) is 5.52 Å². The Morgan fingerprint density at radius 2 is 1.68 bits per heavy atom. The van der Waals surface area contributed by atoms with Gasteiger partial charge in [-0.25, -0.2) is 25.7 Å². The molecule has 4 rings (SSSR count). The molecular weight excluding hydrogens is 494 g/mol. The van der Waals surface area contributed by atoms with Crippen molar-refractivity contribution in [2.75, 3.05) is 19.6 Å². The maximum Gasteiger partial charge on any atom is 0.485 e. The summed E-state index contributed by atoms with van der Waals surface area (Å²) in [4.78, 5) is 1.60. The highest BCUT2D eigenvalue weighted by molar-refractivity contribution is 7.90. The van der Waals surface area contributed by atoms with Crippen LogP contribution in [0.25, 0.3) is 10.9 Å². The minimum Gasteiger partial charge on any atom is -0.298 e. The summed E-state index contributed by atoms with van der Waals surface area (Å²) in [5, 5.41) is 0.700. The molecule has 184 valence electrons. The lowest BCUT2D eigenvalue weighted by atomic mass is 9.97. The van der Waals surface area contributed by atoms with E-state index in [1.807, 2.05) is 9.62 Å². The fourth-order valence-corrected chi connectivity index (χ4v) is 6.34. The van der Waals surface area contributed by atoms with Crippen LogP contribution in [0.15, 0.2) is 59.5 Å². The van der Waals surface area contributed by atoms with Crippen molar-refractivity contribution in [3.63, 3.8) is 0 Å². The van der Waals surface area contributed by atoms with E-state index in [1.165, 1.54) is 22.2 Å². The molecule has 2 heterocycles. The van der Waals surface area contributed by atoms with Gasteiger partial charge in [0.2, 0.25) is 0 Å². The number of halogens is 4. The molecule has 0 saturated carbocycles. The highest BCUT2D eigenvalue weighted by Crippen LogP contribution is 2.29. The normalized spacial score (nSPS) is 17.3. The van der Waals surface area contributed by atoms with Crippen LogP contribution in [-0.2, 0) is 27.6 Å². The number of hydrogen-bond acceptors (Lipinski definition) is 4. The number of rotatable bonds is 7. The van der Waals surface area contributed by atoms with E-state index in [0.717, 1.165) is 6.07 Å². The number of benzene rings is 2. The van der Waals surface area contributed by atoms with Crippen LogP contribution in [-0.4, -0.2) is 46.6 Å². The monoisotopic (exact) mass is 517 g/mol. The zero-order chi connectivity index (χ0) is 24.5. The first-order valence-electron chi connectivity index (χ1n) is 10.6. The first-order chi connectivity index (χ1) is 16.1. The fourth-order valence-electron chi connectivity index (χ4n) is 4.19. The van der Waals surface area contributed by atoms with E-state index in [4.69, 9.17) is 0 Å². The van der Waals surface area contributed by atoms with Crippen molar-refractivity contribution in [2.45, 2.75) is 29.8 Å². The van der Waals surface area contributed by atoms with Crippen LogP contribution in [0.1, 0.15) is 18.5 Å². The predicted octanol–water partition coefficient (Wildman–Crippen LogP) is 4.00. The third kappa shape index (κ3) is 5.19. The van der Waals surface area contributed by atoms with Gasteiger partial charge in [-0.15, -0.1) is 0 Å². The molecule has 12 heteroatoms. The van der Waals surface area contributed by atoms with E-state index >= 15 is 0 Å². The van der Waals surface area contributed by atoms with Crippen molar-refractivity contribution < 1.29 is 30.2 Å². The Bertz CT molecular complexity index is 1300. The lowest BCUT2D eigenvalue weighted by molar-refractivity contribution is -0.0395. The van der Waals surface area contributed by atoms with Gasteiger partial charge in [0, 0.05) is 24.2 Å². The topological polar surface area (TPSA) is 71.4 Å². The number of fused-ring (bicyclic) bond motifs is 1. The van der Waals surface area contributed by atoms with Gasteiger partial charge in [0.25, 0.3) is 10.0 Å². The lowest BCUT2D eigenvalue weighted by Gasteiger charge is -2.32. The van der Waals surface area contributed by atoms with E-state index in [2.05, 4.69) is 0 Å². The third-order valence-corrected chi connectivity index (χ3v) is 8.55. The molecule has 1 unspecified atom stereocenters. The summed E-state index contributed by atoms with van der Waals surface area (Å²) < 4.78 is 93.0. The van der Waals surface area contributed by atoms with Gasteiger partial charge >= 0.3 is 5.51 Å². The first kappa shape index (κ1) is 24.8. The highest BCUT2D eigenvalue weighted by Gasteiger charge is 2.37. The quantitative estimate of drug-likeness (QED) is 0.481. The van der Waals surface area contributed by atoms with Crippen molar-refractivity contribution >= 4 is 31.9 Å². The zero-order valence-electron chi connectivity index (χ0n) is 18.0. The number of para-hydroxylation sites is 1. The van der Waals surface area contributed by atoms with Crippen LogP contribution in [0, 0.1) is 11.7 Å². The molecule has 1 N–H and O–H groups in total. The summed E-state index contributed by atoms with van der Waals surface area (Å²) in [6.07, 6.45) is 1.14. The van der Waals surface area contributed by atoms with Gasteiger partial charge in [-0.1, -0.05) is 30.3 Å². The Balaban J connectivity index is 1.53. The summed E-state index contributed by atoms with van der Waals surface area (Å²) >= 11 is 0. The van der Waals surface area contributed by atoms with Crippen LogP contribution >= 0.6 is 0 Å². The number of likely N-dealkylation sites (tertiary alicyclic amines) is 1. The number of piperidine rings is 1. The molecule has 1 saturated heterocycles. The summed E-state index contributed by atoms with van der Waals surface area (Å²) in [6.45, 7) is 1.33. The second kappa shape index (κ2) is 9.76. The average molecular weight is 518 g/mol. The van der Waals surface area contributed by atoms with Crippen LogP contribution in [0.3, 0.4) is 0 Å². The molecule has 1 fully saturated rings. The number of aromatic nitrogens is 1. The molecule has 0 spiro atoms. The van der Waals surface area contributed by atoms with Crippen molar-refractivity contribution in [1.29, 1.82) is 0 Å². The van der Waals surface area contributed by atoms with Gasteiger partial charge in [-0.3, -0.25) is 4.90 Å². The van der Waals surface area contributed by atoms with Gasteiger partial charge in [0.15, 0.2) is 11.0 Å². The lowest BCUT2D eigenvalue weighted by Crippen LogP contribution is -2.39. The maximum absolute atomic E-state index is 14.4. The van der Waals surface area contributed by atoms with E-state index < -0.39 is 37.2 Å². The summed E-state index contributed by atoms with van der Waals surface area (Å²) in [5.74, 6) is -0.911. The van der Waals surface area contributed by atoms with Crippen molar-refractivity contribution in [3.8, 4) is 0 Å². The standard InChI is InChI=1S/C22H23F4N3O3S2/c23-19-6-2-4-8-21(19)34(31,32)29-18(13-17-5-1-3-7-20(17)29)15-28-11-9-16(10-12-28)14-27-33(30)22(24,25)26/h1-8,13,16,27H,9-12,14-15H2. The van der Waals surface area contributed by atoms with E-state index in [1.54, 1.807) is 30.3 Å². The molecule has 1 atom stereocenters. The molecule has 34 heavy (non-hydrogen) atoms. The fraction of sp³-hybridized carbons (Fsp3) is 0.364. The highest BCUT2D eigenvalue weighted by atomic mass is 32.2. The van der Waals surface area contributed by atoms with E-state index in [0.29, 0.717) is 42.5 Å². The van der Waals surface area contributed by atoms with Crippen molar-refractivity contribution in [1.82, 2.24) is 13.6 Å². The minimum absolute atomic E-state index is 0.0120. The van der Waals surface area contributed by atoms with Crippen LogP contribution < -0.4 is 4.72 Å². The molecule has 1 aliphatic rings. The van der Waals surface area contributed by atoms with Crippen LogP contribution in [0.5, 0.6) is 0 Å². The van der Waals surface area contributed by atoms with Crippen LogP contribution in [0.2, 0.25) is 0 Å². The van der Waals surface area contributed by atoms with Crippen molar-refractivity contribution in [3.05, 3.63) is 66.1 Å². The smallest absolute Gasteiger partial charge is 0.298 e. The Morgan fingerprint density at radius 1 is 1.03 bits per heavy atom. The summed E-state index contributed by atoms with van der Waals surface area (Å²) in [5.41, 5.74) is -3.88. The molecule has 3 aromatic rings. The van der Waals surface area contributed by atoms with E-state index in [9.17, 15) is 30.2 Å². The Hall–Kier alpha value is -2.28. The molecule has 0 radical (unpaired) electrons. The maximum atomic E-state index is 14.4. The second-order valence-corrected chi connectivity index (χ2v) is 11.2. The largest absolute Gasteiger partial charge is 0.485 e. The number of alkyl halides is 3. The first-order valence-corrected chi connectivity index (χ1v) is 13.2. The molecule has 6 nitrogen and oxygen atoms in total. The van der Waals surface area contributed by atoms with E-state index in [-0.39, 0.29) is 19.0 Å². The number of nitrogens with one attached hydrogen (secondary N) is 1. The second-order valence-electron chi connectivity index (χ2n) is 8.18. The van der Waals surface area contributed by atoms with Gasteiger partial charge in [0.1, 0.15) is 10.7 Å². The molecule has 1 aliphatic heterocycles. The number of nitrogens with zero attached hydrogens (tertiary/aromatic N) is 2. The molecule has 0 amide bonds. The van der Waals surface area contributed by atoms with Gasteiger partial charge in [-0.2, -0.15) is 13.2 Å².